The summed E-state index contributed by atoms with van der Waals surface area (Å²) in [4.78, 5) is 27.2. The van der Waals surface area contributed by atoms with Crippen LogP contribution >= 0.6 is 12.4 Å². The number of rotatable bonds is 7. The van der Waals surface area contributed by atoms with Crippen LogP contribution in [0.1, 0.15) is 33.6 Å². The van der Waals surface area contributed by atoms with Crippen LogP contribution in [0.2, 0.25) is 0 Å². The monoisotopic (exact) mass is 431 g/mol. The van der Waals surface area contributed by atoms with Gasteiger partial charge in [0.2, 0.25) is 0 Å². The van der Waals surface area contributed by atoms with E-state index in [0.29, 0.717) is 24.3 Å². The second-order valence-electron chi connectivity index (χ2n) is 7.65. The maximum absolute atomic E-state index is 12.8. The molecule has 1 fully saturated rings. The highest BCUT2D eigenvalue weighted by Crippen LogP contribution is 2.28. The quantitative estimate of drug-likeness (QED) is 0.706. The van der Waals surface area contributed by atoms with Crippen LogP contribution in [-0.4, -0.2) is 52.2 Å². The second-order valence-corrected chi connectivity index (χ2v) is 7.65. The Balaban J connectivity index is 0.00000320. The molecule has 2 N–H and O–H groups in total. The fourth-order valence-corrected chi connectivity index (χ4v) is 3.76. The van der Waals surface area contributed by atoms with Gasteiger partial charge in [0.25, 0.3) is 11.8 Å². The van der Waals surface area contributed by atoms with Crippen molar-refractivity contribution >= 4 is 29.9 Å². The van der Waals surface area contributed by atoms with Crippen molar-refractivity contribution in [2.75, 3.05) is 45.3 Å². The van der Waals surface area contributed by atoms with Crippen LogP contribution in [0.3, 0.4) is 0 Å². The smallest absolute Gasteiger partial charge is 0.258 e. The number of hydrogen-bond donors (Lipinski definition) is 2. The molecule has 0 bridgehead atoms. The number of hydrogen-bond acceptors (Lipinski definition) is 4. The van der Waals surface area contributed by atoms with Crippen LogP contribution in [0.25, 0.3) is 0 Å². The van der Waals surface area contributed by atoms with Crippen molar-refractivity contribution in [1.29, 1.82) is 0 Å². The molecule has 1 saturated heterocycles. The summed E-state index contributed by atoms with van der Waals surface area (Å²) in [6, 6.07) is 16.3. The molecule has 0 atom stereocenters. The normalized spacial score (nSPS) is 15.0. The zero-order chi connectivity index (χ0) is 20.7. The topological polar surface area (TPSA) is 70.7 Å². The van der Waals surface area contributed by atoms with Gasteiger partial charge in [-0.15, -0.1) is 12.4 Å². The molecule has 0 unspecified atom stereocenters. The molecular formula is C23H30ClN3O3. The molecule has 2 aromatic carbocycles. The third-order valence-corrected chi connectivity index (χ3v) is 5.56. The van der Waals surface area contributed by atoms with Crippen LogP contribution in [0.4, 0.5) is 5.69 Å². The summed E-state index contributed by atoms with van der Waals surface area (Å²) < 4.78 is 5.41. The molecule has 0 aromatic heterocycles. The first-order valence-corrected chi connectivity index (χ1v) is 9.96. The van der Waals surface area contributed by atoms with Gasteiger partial charge < -0.3 is 20.3 Å². The van der Waals surface area contributed by atoms with Crippen molar-refractivity contribution in [1.82, 2.24) is 10.6 Å². The Labute approximate surface area is 184 Å². The molecule has 2 aromatic rings. The molecular weight excluding hydrogens is 402 g/mol. The van der Waals surface area contributed by atoms with Crippen LogP contribution in [0.5, 0.6) is 0 Å². The van der Waals surface area contributed by atoms with Gasteiger partial charge in [-0.3, -0.25) is 9.59 Å². The summed E-state index contributed by atoms with van der Waals surface area (Å²) in [5, 5.41) is 6.40. The Morgan fingerprint density at radius 2 is 1.73 bits per heavy atom. The second kappa shape index (κ2) is 11.1. The maximum Gasteiger partial charge on any atom is 0.258 e. The van der Waals surface area contributed by atoms with E-state index in [2.05, 4.69) is 10.6 Å². The number of benzene rings is 2. The van der Waals surface area contributed by atoms with Crippen LogP contribution in [-0.2, 0) is 4.74 Å². The molecule has 162 valence electrons. The Kier molecular flexibility index (Phi) is 8.84. The average molecular weight is 432 g/mol. The van der Waals surface area contributed by atoms with E-state index in [9.17, 15) is 9.59 Å². The number of nitrogens with one attached hydrogen (secondary N) is 2. The predicted octanol–water partition coefficient (Wildman–Crippen LogP) is 3.13. The van der Waals surface area contributed by atoms with Gasteiger partial charge in [-0.05, 0) is 56.3 Å². The van der Waals surface area contributed by atoms with Crippen LogP contribution in [0, 0.1) is 5.41 Å². The highest BCUT2D eigenvalue weighted by Gasteiger charge is 2.32. The summed E-state index contributed by atoms with van der Waals surface area (Å²) in [5.74, 6) is -0.323. The first-order chi connectivity index (χ1) is 14.0. The predicted molar refractivity (Wildman–Crippen MR) is 122 cm³/mol. The third kappa shape index (κ3) is 5.81. The Bertz CT molecular complexity index is 833. The van der Waals surface area contributed by atoms with Crippen molar-refractivity contribution in [2.24, 2.45) is 5.41 Å². The van der Waals surface area contributed by atoms with E-state index in [1.165, 1.54) is 0 Å². The molecule has 30 heavy (non-hydrogen) atoms. The SMILES string of the molecule is COCC1(CNC(=O)c2cccc(C(=O)N(C)c3ccccc3)c2)CCNCC1.Cl. The summed E-state index contributed by atoms with van der Waals surface area (Å²) in [5.41, 5.74) is 1.73. The number of carbonyl (C=O) groups is 2. The van der Waals surface area contributed by atoms with Gasteiger partial charge in [-0.25, -0.2) is 0 Å². The molecule has 0 saturated carbocycles. The molecule has 0 spiro atoms. The number of methoxy groups -OCH3 is 1. The summed E-state index contributed by atoms with van der Waals surface area (Å²) in [6.45, 7) is 3.03. The Morgan fingerprint density at radius 1 is 1.07 bits per heavy atom. The van der Waals surface area contributed by atoms with Gasteiger partial charge in [-0.2, -0.15) is 0 Å². The fraction of sp³-hybridized carbons (Fsp3) is 0.391. The number of para-hydroxylation sites is 1. The van der Waals surface area contributed by atoms with Crippen molar-refractivity contribution in [3.63, 3.8) is 0 Å². The maximum atomic E-state index is 12.8. The number of carbonyl (C=O) groups excluding carboxylic acids is 2. The molecule has 1 heterocycles. The third-order valence-electron chi connectivity index (χ3n) is 5.56. The van der Waals surface area contributed by atoms with Crippen LogP contribution < -0.4 is 15.5 Å². The lowest BCUT2D eigenvalue weighted by Gasteiger charge is -2.37. The number of halogens is 1. The summed E-state index contributed by atoms with van der Waals surface area (Å²) in [7, 11) is 3.43. The number of amides is 2. The zero-order valence-electron chi connectivity index (χ0n) is 17.5. The number of anilines is 1. The van der Waals surface area contributed by atoms with Crippen LogP contribution in [0.15, 0.2) is 54.6 Å². The lowest BCUT2D eigenvalue weighted by molar-refractivity contribution is 0.0512. The molecule has 0 aliphatic carbocycles. The van der Waals surface area contributed by atoms with Gasteiger partial charge in [0.15, 0.2) is 0 Å². The largest absolute Gasteiger partial charge is 0.384 e. The van der Waals surface area contributed by atoms with Gasteiger partial charge in [-0.1, -0.05) is 24.3 Å². The standard InChI is InChI=1S/C23H29N3O3.ClH/c1-26(20-9-4-3-5-10-20)22(28)19-8-6-7-18(15-19)21(27)25-16-23(17-29-2)11-13-24-14-12-23;/h3-10,15,24H,11-14,16-17H2,1-2H3,(H,25,27);1H. The minimum atomic E-state index is -0.170. The van der Waals surface area contributed by atoms with E-state index < -0.39 is 0 Å². The highest BCUT2D eigenvalue weighted by molar-refractivity contribution is 6.07. The Hall–Kier alpha value is -2.41. The lowest BCUT2D eigenvalue weighted by atomic mass is 9.79. The minimum absolute atomic E-state index is 0. The van der Waals surface area contributed by atoms with E-state index in [1.807, 2.05) is 30.3 Å². The first-order valence-electron chi connectivity index (χ1n) is 9.96. The number of piperidine rings is 1. The molecule has 1 aliphatic rings. The van der Waals surface area contributed by atoms with Crippen molar-refractivity contribution in [2.45, 2.75) is 12.8 Å². The molecule has 3 rings (SSSR count). The molecule has 1 aliphatic heterocycles. The van der Waals surface area contributed by atoms with E-state index >= 15 is 0 Å². The fourth-order valence-electron chi connectivity index (χ4n) is 3.76. The zero-order valence-corrected chi connectivity index (χ0v) is 18.3. The molecule has 0 radical (unpaired) electrons. The van der Waals surface area contributed by atoms with E-state index in [1.54, 1.807) is 43.3 Å². The van der Waals surface area contributed by atoms with Crippen molar-refractivity contribution < 1.29 is 14.3 Å². The molecule has 6 nitrogen and oxygen atoms in total. The molecule has 7 heteroatoms. The van der Waals surface area contributed by atoms with Gasteiger partial charge in [0.1, 0.15) is 0 Å². The average Bonchev–Trinajstić information content (AvgIpc) is 2.78. The minimum Gasteiger partial charge on any atom is -0.384 e. The number of ether oxygens (including phenoxy) is 1. The lowest BCUT2D eigenvalue weighted by Crippen LogP contribution is -2.47. The van der Waals surface area contributed by atoms with Gasteiger partial charge >= 0.3 is 0 Å². The van der Waals surface area contributed by atoms with Crippen molar-refractivity contribution in [3.05, 3.63) is 65.7 Å². The van der Waals surface area contributed by atoms with E-state index in [0.717, 1.165) is 31.6 Å². The Morgan fingerprint density at radius 3 is 2.40 bits per heavy atom. The first kappa shape index (κ1) is 23.9. The van der Waals surface area contributed by atoms with Gasteiger partial charge in [0, 0.05) is 42.9 Å². The van der Waals surface area contributed by atoms with Gasteiger partial charge in [0.05, 0.1) is 6.61 Å². The molecule has 2 amide bonds. The van der Waals surface area contributed by atoms with E-state index in [-0.39, 0.29) is 29.6 Å². The van der Waals surface area contributed by atoms with Crippen molar-refractivity contribution in [3.8, 4) is 0 Å². The summed E-state index contributed by atoms with van der Waals surface area (Å²) >= 11 is 0. The number of nitrogens with zero attached hydrogens (tertiary/aromatic N) is 1. The van der Waals surface area contributed by atoms with E-state index in [4.69, 9.17) is 4.74 Å². The highest BCUT2D eigenvalue weighted by atomic mass is 35.5. The summed E-state index contributed by atoms with van der Waals surface area (Å²) in [6.07, 6.45) is 1.92.